The van der Waals surface area contributed by atoms with Crippen molar-refractivity contribution in [3.8, 4) is 0 Å². The second-order valence-electron chi connectivity index (χ2n) is 5.21. The number of halogens is 1. The molecule has 2 fully saturated rings. The smallest absolute Gasteiger partial charge is 0.230 e. The van der Waals surface area contributed by atoms with E-state index in [0.717, 1.165) is 12.8 Å². The third-order valence-electron chi connectivity index (χ3n) is 3.98. The van der Waals surface area contributed by atoms with Crippen LogP contribution in [0.25, 0.3) is 0 Å². The highest BCUT2D eigenvalue weighted by Crippen LogP contribution is 2.39. The number of thioether (sulfide) groups is 1. The zero-order valence-corrected chi connectivity index (χ0v) is 12.0. The summed E-state index contributed by atoms with van der Waals surface area (Å²) in [7, 11) is 0. The minimum Gasteiger partial charge on any atom is -0.352 e. The van der Waals surface area contributed by atoms with Crippen LogP contribution in [0.1, 0.15) is 32.1 Å². The van der Waals surface area contributed by atoms with Crippen molar-refractivity contribution in [3.05, 3.63) is 0 Å². The van der Waals surface area contributed by atoms with Crippen LogP contribution in [-0.2, 0) is 4.79 Å². The molecule has 0 aliphatic heterocycles. The van der Waals surface area contributed by atoms with Gasteiger partial charge in [-0.25, -0.2) is 0 Å². The molecular weight excluding hydrogens is 256 g/mol. The summed E-state index contributed by atoms with van der Waals surface area (Å²) in [5, 5.41) is 3.23. The standard InChI is InChI=1S/C12H22N2OS.ClH/c1-16-7-11(15)14-12-8-3-2-4-9(12)6-10(13)5-8;/h8-10,12H,2-7,13H2,1H3,(H,14,15);1H. The van der Waals surface area contributed by atoms with E-state index in [1.165, 1.54) is 19.3 Å². The van der Waals surface area contributed by atoms with Gasteiger partial charge in [0.1, 0.15) is 0 Å². The Labute approximate surface area is 114 Å². The summed E-state index contributed by atoms with van der Waals surface area (Å²) in [5.41, 5.74) is 6.06. The predicted molar refractivity (Wildman–Crippen MR) is 75.6 cm³/mol. The van der Waals surface area contributed by atoms with Crippen LogP contribution in [0.2, 0.25) is 0 Å². The van der Waals surface area contributed by atoms with Crippen LogP contribution in [-0.4, -0.2) is 30.0 Å². The fourth-order valence-electron chi connectivity index (χ4n) is 3.38. The van der Waals surface area contributed by atoms with E-state index in [0.29, 0.717) is 29.7 Å². The van der Waals surface area contributed by atoms with Crippen LogP contribution < -0.4 is 11.1 Å². The molecule has 17 heavy (non-hydrogen) atoms. The molecule has 0 radical (unpaired) electrons. The number of amides is 1. The second kappa shape index (κ2) is 6.86. The van der Waals surface area contributed by atoms with Crippen molar-refractivity contribution in [2.24, 2.45) is 17.6 Å². The Kier molecular flexibility index (Phi) is 6.10. The average molecular weight is 279 g/mol. The first-order valence-corrected chi connectivity index (χ1v) is 7.64. The van der Waals surface area contributed by atoms with Crippen molar-refractivity contribution in [1.29, 1.82) is 0 Å². The van der Waals surface area contributed by atoms with Crippen LogP contribution >= 0.6 is 24.2 Å². The third kappa shape index (κ3) is 3.76. The van der Waals surface area contributed by atoms with Crippen LogP contribution in [0.5, 0.6) is 0 Å². The van der Waals surface area contributed by atoms with Gasteiger partial charge in [-0.3, -0.25) is 4.79 Å². The van der Waals surface area contributed by atoms with E-state index >= 15 is 0 Å². The van der Waals surface area contributed by atoms with Crippen LogP contribution in [0.4, 0.5) is 0 Å². The number of fused-ring (bicyclic) bond motifs is 2. The zero-order chi connectivity index (χ0) is 11.5. The number of nitrogens with one attached hydrogen (secondary N) is 1. The summed E-state index contributed by atoms with van der Waals surface area (Å²) >= 11 is 1.59. The maximum absolute atomic E-state index is 11.7. The molecule has 2 bridgehead atoms. The first-order valence-electron chi connectivity index (χ1n) is 6.24. The van der Waals surface area contributed by atoms with Gasteiger partial charge in [-0.15, -0.1) is 12.4 Å². The van der Waals surface area contributed by atoms with Crippen molar-refractivity contribution in [1.82, 2.24) is 5.32 Å². The number of carbonyl (C=O) groups excluding carboxylic acids is 1. The van der Waals surface area contributed by atoms with Crippen LogP contribution in [0, 0.1) is 11.8 Å². The Morgan fingerprint density at radius 2 is 1.94 bits per heavy atom. The summed E-state index contributed by atoms with van der Waals surface area (Å²) in [5.74, 6) is 2.05. The molecule has 5 heteroatoms. The van der Waals surface area contributed by atoms with E-state index in [9.17, 15) is 4.79 Å². The molecule has 2 unspecified atom stereocenters. The van der Waals surface area contributed by atoms with Gasteiger partial charge in [0.2, 0.25) is 5.91 Å². The average Bonchev–Trinajstić information content (AvgIpc) is 2.19. The summed E-state index contributed by atoms with van der Waals surface area (Å²) < 4.78 is 0. The summed E-state index contributed by atoms with van der Waals surface area (Å²) in [4.78, 5) is 11.7. The van der Waals surface area contributed by atoms with E-state index < -0.39 is 0 Å². The predicted octanol–water partition coefficient (Wildman–Crippen LogP) is 1.79. The van der Waals surface area contributed by atoms with Gasteiger partial charge in [-0.1, -0.05) is 6.42 Å². The van der Waals surface area contributed by atoms with Crippen molar-refractivity contribution in [3.63, 3.8) is 0 Å². The maximum Gasteiger partial charge on any atom is 0.230 e. The monoisotopic (exact) mass is 278 g/mol. The Balaban J connectivity index is 0.00000144. The van der Waals surface area contributed by atoms with E-state index in [4.69, 9.17) is 5.73 Å². The van der Waals surface area contributed by atoms with Crippen LogP contribution in [0.3, 0.4) is 0 Å². The Hall–Kier alpha value is 0.0700. The number of hydrogen-bond donors (Lipinski definition) is 2. The fourth-order valence-corrected chi connectivity index (χ4v) is 3.73. The van der Waals surface area contributed by atoms with Crippen LogP contribution in [0.15, 0.2) is 0 Å². The minimum atomic E-state index is 0. The molecule has 2 saturated carbocycles. The Bertz CT molecular complexity index is 251. The highest BCUT2D eigenvalue weighted by atomic mass is 35.5. The lowest BCUT2D eigenvalue weighted by Crippen LogP contribution is -2.54. The molecule has 0 spiro atoms. The fraction of sp³-hybridized carbons (Fsp3) is 0.917. The molecule has 0 aromatic heterocycles. The van der Waals surface area contributed by atoms with E-state index in [1.807, 2.05) is 6.26 Å². The lowest BCUT2D eigenvalue weighted by Gasteiger charge is -2.45. The van der Waals surface area contributed by atoms with Gasteiger partial charge in [-0.2, -0.15) is 11.8 Å². The zero-order valence-electron chi connectivity index (χ0n) is 10.4. The number of rotatable bonds is 3. The van der Waals surface area contributed by atoms with E-state index in [2.05, 4.69) is 5.32 Å². The molecule has 2 rings (SSSR count). The largest absolute Gasteiger partial charge is 0.352 e. The molecule has 0 aromatic carbocycles. The molecule has 1 amide bonds. The van der Waals surface area contributed by atoms with Crippen molar-refractivity contribution in [2.75, 3.05) is 12.0 Å². The third-order valence-corrected chi connectivity index (χ3v) is 4.53. The van der Waals surface area contributed by atoms with Crippen molar-refractivity contribution < 1.29 is 4.79 Å². The molecule has 2 aliphatic rings. The van der Waals surface area contributed by atoms with Crippen molar-refractivity contribution >= 4 is 30.1 Å². The molecule has 3 nitrogen and oxygen atoms in total. The van der Waals surface area contributed by atoms with Gasteiger partial charge >= 0.3 is 0 Å². The second-order valence-corrected chi connectivity index (χ2v) is 6.07. The van der Waals surface area contributed by atoms with Gasteiger partial charge in [0.05, 0.1) is 5.75 Å². The topological polar surface area (TPSA) is 55.1 Å². The summed E-state index contributed by atoms with van der Waals surface area (Å²) in [6, 6.07) is 0.775. The number of nitrogens with two attached hydrogens (primary N) is 1. The minimum absolute atomic E-state index is 0. The number of carbonyl (C=O) groups is 1. The van der Waals surface area contributed by atoms with Gasteiger partial charge in [0, 0.05) is 12.1 Å². The van der Waals surface area contributed by atoms with Gasteiger partial charge in [-0.05, 0) is 43.8 Å². The molecule has 0 aromatic rings. The lowest BCUT2D eigenvalue weighted by molar-refractivity contribution is -0.120. The molecule has 0 heterocycles. The maximum atomic E-state index is 11.7. The van der Waals surface area contributed by atoms with Gasteiger partial charge in [0.25, 0.3) is 0 Å². The van der Waals surface area contributed by atoms with Crippen molar-refractivity contribution in [2.45, 2.75) is 44.2 Å². The SMILES string of the molecule is CSCC(=O)NC1C2CCCC1CC(N)C2.Cl. The molecule has 2 aliphatic carbocycles. The summed E-state index contributed by atoms with van der Waals surface area (Å²) in [6.07, 6.45) is 7.97. The van der Waals surface area contributed by atoms with Gasteiger partial charge in [0.15, 0.2) is 0 Å². The molecule has 3 N–H and O–H groups in total. The lowest BCUT2D eigenvalue weighted by atomic mass is 9.67. The Morgan fingerprint density at radius 3 is 2.47 bits per heavy atom. The molecule has 2 atom stereocenters. The number of hydrogen-bond acceptors (Lipinski definition) is 3. The molecule has 100 valence electrons. The normalized spacial score (nSPS) is 35.9. The van der Waals surface area contributed by atoms with Gasteiger partial charge < -0.3 is 11.1 Å². The molecule has 0 saturated heterocycles. The highest BCUT2D eigenvalue weighted by molar-refractivity contribution is 7.99. The van der Waals surface area contributed by atoms with E-state index in [-0.39, 0.29) is 18.3 Å². The first-order chi connectivity index (χ1) is 7.70. The first kappa shape index (κ1) is 15.1. The highest BCUT2D eigenvalue weighted by Gasteiger charge is 2.39. The Morgan fingerprint density at radius 1 is 1.35 bits per heavy atom. The molecular formula is C12H23ClN2OS. The quantitative estimate of drug-likeness (QED) is 0.828. The van der Waals surface area contributed by atoms with E-state index in [1.54, 1.807) is 11.8 Å². The summed E-state index contributed by atoms with van der Waals surface area (Å²) in [6.45, 7) is 0.